The fourth-order valence-corrected chi connectivity index (χ4v) is 2.58. The maximum absolute atomic E-state index is 12.7. The molecule has 0 spiro atoms. The van der Waals surface area contributed by atoms with Gasteiger partial charge in [0.05, 0.1) is 18.8 Å². The summed E-state index contributed by atoms with van der Waals surface area (Å²) in [6.07, 6.45) is 0.733. The van der Waals surface area contributed by atoms with Crippen LogP contribution in [0, 0.1) is 0 Å². The summed E-state index contributed by atoms with van der Waals surface area (Å²) in [5, 5.41) is 2.14. The minimum Gasteiger partial charge on any atom is -0.495 e. The second-order valence-corrected chi connectivity index (χ2v) is 5.70. The van der Waals surface area contributed by atoms with Crippen LogP contribution in [0.25, 0.3) is 0 Å². The Balaban J connectivity index is 2.03. The Bertz CT molecular complexity index is 513. The minimum absolute atomic E-state index is 0.0655. The van der Waals surface area contributed by atoms with Gasteiger partial charge in [0.2, 0.25) is 0 Å². The summed E-state index contributed by atoms with van der Waals surface area (Å²) in [5.74, 6) is 0.660. The number of piperazine rings is 1. The van der Waals surface area contributed by atoms with Gasteiger partial charge in [0.15, 0.2) is 5.78 Å². The van der Waals surface area contributed by atoms with Crippen molar-refractivity contribution in [3.05, 3.63) is 23.8 Å². The molecule has 1 aromatic carbocycles. The monoisotopic (exact) mass is 306 g/mol. The van der Waals surface area contributed by atoms with Gasteiger partial charge in [0.1, 0.15) is 5.75 Å². The molecule has 1 unspecified atom stereocenters. The summed E-state index contributed by atoms with van der Waals surface area (Å²) in [4.78, 5) is 15.0. The van der Waals surface area contributed by atoms with E-state index in [1.807, 2.05) is 6.92 Å². The van der Waals surface area contributed by atoms with E-state index in [0.717, 1.165) is 32.6 Å². The lowest BCUT2D eigenvalue weighted by molar-refractivity contribution is 0.0687. The molecular formula is C16H26N4O2. The molecule has 1 aliphatic rings. The van der Waals surface area contributed by atoms with Crippen molar-refractivity contribution in [3.8, 4) is 5.75 Å². The van der Waals surface area contributed by atoms with Crippen LogP contribution in [-0.2, 0) is 0 Å². The Kier molecular flexibility index (Phi) is 5.76. The maximum atomic E-state index is 12.7. The molecule has 1 heterocycles. The van der Waals surface area contributed by atoms with Gasteiger partial charge in [-0.2, -0.15) is 0 Å². The van der Waals surface area contributed by atoms with Crippen LogP contribution in [0.2, 0.25) is 0 Å². The number of rotatable bonds is 6. The molecule has 0 amide bonds. The van der Waals surface area contributed by atoms with Crippen molar-refractivity contribution in [2.75, 3.05) is 46.1 Å². The fourth-order valence-electron chi connectivity index (χ4n) is 2.58. The summed E-state index contributed by atoms with van der Waals surface area (Å²) >= 11 is 0. The number of Topliss-reactive ketones (excluding diaryl/α,β-unsaturated/α-hetero) is 1. The number of nitrogen functional groups attached to an aromatic ring is 1. The molecule has 1 aromatic rings. The lowest BCUT2D eigenvalue weighted by Gasteiger charge is -2.34. The minimum atomic E-state index is -0.226. The first-order chi connectivity index (χ1) is 10.5. The van der Waals surface area contributed by atoms with E-state index in [2.05, 4.69) is 22.4 Å². The van der Waals surface area contributed by atoms with Crippen LogP contribution in [0.4, 0.5) is 5.69 Å². The molecule has 2 rings (SSSR count). The van der Waals surface area contributed by atoms with Gasteiger partial charge in [-0.15, -0.1) is 0 Å². The quantitative estimate of drug-likeness (QED) is 0.603. The summed E-state index contributed by atoms with van der Waals surface area (Å²) in [6.45, 7) is 5.87. The van der Waals surface area contributed by atoms with Crippen molar-refractivity contribution >= 4 is 11.5 Å². The van der Waals surface area contributed by atoms with E-state index in [1.54, 1.807) is 25.3 Å². The third-order valence-electron chi connectivity index (χ3n) is 4.08. The normalized spacial score (nSPS) is 18.1. The Hall–Kier alpha value is -1.63. The third-order valence-corrected chi connectivity index (χ3v) is 4.08. The van der Waals surface area contributed by atoms with Gasteiger partial charge in [-0.1, -0.05) is 6.92 Å². The number of ketones is 1. The zero-order valence-corrected chi connectivity index (χ0v) is 13.6. The number of benzene rings is 1. The molecule has 0 bridgehead atoms. The van der Waals surface area contributed by atoms with Crippen molar-refractivity contribution in [3.63, 3.8) is 0 Å². The highest BCUT2D eigenvalue weighted by Crippen LogP contribution is 2.23. The van der Waals surface area contributed by atoms with Gasteiger partial charge in [-0.3, -0.25) is 4.79 Å². The smallest absolute Gasteiger partial charge is 0.181 e. The summed E-state index contributed by atoms with van der Waals surface area (Å²) in [6, 6.07) is 4.98. The Morgan fingerprint density at radius 3 is 2.59 bits per heavy atom. The van der Waals surface area contributed by atoms with E-state index in [1.165, 1.54) is 0 Å². The van der Waals surface area contributed by atoms with Crippen molar-refractivity contribution in [1.82, 2.24) is 15.3 Å². The van der Waals surface area contributed by atoms with Crippen LogP contribution in [0.1, 0.15) is 23.7 Å². The van der Waals surface area contributed by atoms with Gasteiger partial charge < -0.3 is 15.4 Å². The molecule has 0 saturated carbocycles. The highest BCUT2D eigenvalue weighted by molar-refractivity contribution is 6.01. The predicted molar refractivity (Wildman–Crippen MR) is 88.0 cm³/mol. The first-order valence-corrected chi connectivity index (χ1v) is 7.72. The van der Waals surface area contributed by atoms with Gasteiger partial charge in [-0.05, 0) is 31.7 Å². The van der Waals surface area contributed by atoms with E-state index < -0.39 is 0 Å². The number of carbonyl (C=O) groups excluding carboxylic acids is 1. The molecule has 22 heavy (non-hydrogen) atoms. The molecule has 0 aliphatic carbocycles. The average Bonchev–Trinajstić information content (AvgIpc) is 2.53. The number of anilines is 1. The van der Waals surface area contributed by atoms with E-state index in [0.29, 0.717) is 17.0 Å². The number of nitrogens with one attached hydrogen (secondary N) is 1. The van der Waals surface area contributed by atoms with E-state index in [4.69, 9.17) is 10.5 Å². The van der Waals surface area contributed by atoms with Crippen LogP contribution in [0.3, 0.4) is 0 Å². The molecule has 1 fully saturated rings. The zero-order chi connectivity index (χ0) is 16.1. The Morgan fingerprint density at radius 2 is 2.05 bits per heavy atom. The van der Waals surface area contributed by atoms with E-state index >= 15 is 0 Å². The summed E-state index contributed by atoms with van der Waals surface area (Å²) in [5.41, 5.74) is 10.4. The first kappa shape index (κ1) is 16.7. The fraction of sp³-hybridized carbons (Fsp3) is 0.562. The molecule has 6 heteroatoms. The van der Waals surface area contributed by atoms with Crippen LogP contribution >= 0.6 is 0 Å². The highest BCUT2D eigenvalue weighted by atomic mass is 16.5. The van der Waals surface area contributed by atoms with Gasteiger partial charge >= 0.3 is 0 Å². The SMILES string of the molecule is CCC(NN1CCN(C)CC1)C(=O)c1ccc(OC)c(N)c1. The molecule has 1 atom stereocenters. The number of carbonyl (C=O) groups is 1. The number of ether oxygens (including phenoxy) is 1. The van der Waals surface area contributed by atoms with Crippen LogP contribution in [0.5, 0.6) is 5.75 Å². The van der Waals surface area contributed by atoms with Gasteiger partial charge in [0, 0.05) is 31.7 Å². The molecule has 1 saturated heterocycles. The number of nitrogens with two attached hydrogens (primary N) is 1. The Labute approximate surface area is 132 Å². The van der Waals surface area contributed by atoms with Gasteiger partial charge in [-0.25, -0.2) is 10.4 Å². The van der Waals surface area contributed by atoms with Crippen molar-refractivity contribution in [2.45, 2.75) is 19.4 Å². The molecule has 0 radical (unpaired) electrons. The zero-order valence-electron chi connectivity index (χ0n) is 13.6. The number of hydrogen-bond acceptors (Lipinski definition) is 6. The first-order valence-electron chi connectivity index (χ1n) is 7.72. The molecule has 6 nitrogen and oxygen atoms in total. The van der Waals surface area contributed by atoms with Crippen LogP contribution < -0.4 is 15.9 Å². The van der Waals surface area contributed by atoms with E-state index in [-0.39, 0.29) is 11.8 Å². The molecular weight excluding hydrogens is 280 g/mol. The maximum Gasteiger partial charge on any atom is 0.181 e. The second kappa shape index (κ2) is 7.58. The lowest BCUT2D eigenvalue weighted by Crippen LogP contribution is -2.55. The van der Waals surface area contributed by atoms with E-state index in [9.17, 15) is 4.79 Å². The van der Waals surface area contributed by atoms with Gasteiger partial charge in [0.25, 0.3) is 0 Å². The number of hydrazine groups is 1. The Morgan fingerprint density at radius 1 is 1.36 bits per heavy atom. The topological polar surface area (TPSA) is 70.8 Å². The average molecular weight is 306 g/mol. The second-order valence-electron chi connectivity index (χ2n) is 5.70. The summed E-state index contributed by atoms with van der Waals surface area (Å²) in [7, 11) is 3.68. The molecule has 1 aliphatic heterocycles. The molecule has 3 N–H and O–H groups in total. The summed E-state index contributed by atoms with van der Waals surface area (Å²) < 4.78 is 5.13. The van der Waals surface area contributed by atoms with Crippen molar-refractivity contribution < 1.29 is 9.53 Å². The standard InChI is InChI=1S/C16H26N4O2/c1-4-14(18-20-9-7-19(2)8-10-20)16(21)12-5-6-15(22-3)13(17)11-12/h5-6,11,14,18H,4,7-10,17H2,1-3H3. The highest BCUT2D eigenvalue weighted by Gasteiger charge is 2.23. The predicted octanol–water partition coefficient (Wildman–Crippen LogP) is 0.991. The largest absolute Gasteiger partial charge is 0.495 e. The molecule has 0 aromatic heterocycles. The van der Waals surface area contributed by atoms with Crippen LogP contribution in [0.15, 0.2) is 18.2 Å². The van der Waals surface area contributed by atoms with Crippen LogP contribution in [-0.4, -0.2) is 62.1 Å². The molecule has 122 valence electrons. The number of methoxy groups -OCH3 is 1. The third kappa shape index (κ3) is 3.97. The number of hydrogen-bond donors (Lipinski definition) is 2. The van der Waals surface area contributed by atoms with Crippen molar-refractivity contribution in [1.29, 1.82) is 0 Å². The van der Waals surface area contributed by atoms with Crippen molar-refractivity contribution in [2.24, 2.45) is 0 Å². The number of nitrogens with zero attached hydrogens (tertiary/aromatic N) is 2. The lowest BCUT2D eigenvalue weighted by atomic mass is 10.0. The number of likely N-dealkylation sites (N-methyl/N-ethyl adjacent to an activating group) is 1.